The first kappa shape index (κ1) is 38.1. The van der Waals surface area contributed by atoms with Crippen LogP contribution in [-0.2, 0) is 19.1 Å². The number of unbranched alkanes of at least 4 members (excludes halogenated alkanes) is 15. The molecule has 0 saturated heterocycles. The standard InChI is InChI=1S/C35H62O5/c1-3-5-7-9-11-13-14-15-16-17-18-19-20-22-23-25-27-29-34(37)39-32-33(31-36)40-35(38)30-28-26-24-21-12-10-8-6-4-2/h11,13,15-16,18-19,33,36H,3-10,12,14,17,20-32H2,1-2H3/b13-11+,16-15+,19-18+/t33-/m0/s1. The van der Waals surface area contributed by atoms with E-state index in [9.17, 15) is 14.7 Å². The molecule has 0 amide bonds. The van der Waals surface area contributed by atoms with Gasteiger partial charge < -0.3 is 14.6 Å². The number of hydrogen-bond donors (Lipinski definition) is 1. The summed E-state index contributed by atoms with van der Waals surface area (Å²) in [4.78, 5) is 24.0. The Morgan fingerprint density at radius 1 is 0.575 bits per heavy atom. The summed E-state index contributed by atoms with van der Waals surface area (Å²) in [6, 6.07) is 0. The van der Waals surface area contributed by atoms with Gasteiger partial charge in [0.05, 0.1) is 6.61 Å². The Balaban J connectivity index is 3.64. The number of esters is 2. The van der Waals surface area contributed by atoms with Crippen molar-refractivity contribution in [3.63, 3.8) is 0 Å². The highest BCUT2D eigenvalue weighted by Gasteiger charge is 2.16. The number of carbonyl (C=O) groups excluding carboxylic acids is 2. The molecular formula is C35H62O5. The van der Waals surface area contributed by atoms with Crippen molar-refractivity contribution in [3.05, 3.63) is 36.5 Å². The highest BCUT2D eigenvalue weighted by Crippen LogP contribution is 2.12. The van der Waals surface area contributed by atoms with Crippen LogP contribution in [0, 0.1) is 0 Å². The van der Waals surface area contributed by atoms with Crippen molar-refractivity contribution in [2.75, 3.05) is 13.2 Å². The van der Waals surface area contributed by atoms with Gasteiger partial charge in [0, 0.05) is 12.8 Å². The molecule has 0 aliphatic carbocycles. The highest BCUT2D eigenvalue weighted by molar-refractivity contribution is 5.70. The van der Waals surface area contributed by atoms with E-state index in [1.807, 2.05) is 0 Å². The number of aliphatic hydroxyl groups is 1. The van der Waals surface area contributed by atoms with Crippen LogP contribution in [0.25, 0.3) is 0 Å². The van der Waals surface area contributed by atoms with Gasteiger partial charge >= 0.3 is 11.9 Å². The minimum Gasteiger partial charge on any atom is -0.462 e. The summed E-state index contributed by atoms with van der Waals surface area (Å²) in [5.74, 6) is -0.621. The van der Waals surface area contributed by atoms with Crippen molar-refractivity contribution in [3.8, 4) is 0 Å². The summed E-state index contributed by atoms with van der Waals surface area (Å²) in [6.07, 6.45) is 36.2. The van der Waals surface area contributed by atoms with E-state index in [2.05, 4.69) is 50.3 Å². The molecule has 0 radical (unpaired) electrons. The van der Waals surface area contributed by atoms with Gasteiger partial charge in [-0.05, 0) is 51.4 Å². The molecule has 40 heavy (non-hydrogen) atoms. The molecule has 0 unspecified atom stereocenters. The molecule has 0 aromatic carbocycles. The molecule has 0 aromatic rings. The average Bonchev–Trinajstić information content (AvgIpc) is 2.96. The maximum Gasteiger partial charge on any atom is 0.306 e. The lowest BCUT2D eigenvalue weighted by Crippen LogP contribution is -2.28. The number of aliphatic hydroxyl groups excluding tert-OH is 1. The van der Waals surface area contributed by atoms with Crippen LogP contribution in [0.2, 0.25) is 0 Å². The summed E-state index contributed by atoms with van der Waals surface area (Å²) in [7, 11) is 0. The third-order valence-electron chi connectivity index (χ3n) is 6.94. The number of hydrogen-bond acceptors (Lipinski definition) is 5. The number of allylic oxidation sites excluding steroid dienone is 6. The van der Waals surface area contributed by atoms with Crippen molar-refractivity contribution in [1.29, 1.82) is 0 Å². The zero-order chi connectivity index (χ0) is 29.4. The quantitative estimate of drug-likeness (QED) is 0.0558. The van der Waals surface area contributed by atoms with Crippen molar-refractivity contribution in [2.24, 2.45) is 0 Å². The van der Waals surface area contributed by atoms with Crippen LogP contribution in [0.15, 0.2) is 36.5 Å². The van der Waals surface area contributed by atoms with Crippen LogP contribution in [0.3, 0.4) is 0 Å². The Kier molecular flexibility index (Phi) is 30.2. The van der Waals surface area contributed by atoms with Gasteiger partial charge in [-0.1, -0.05) is 127 Å². The molecule has 0 aliphatic rings. The van der Waals surface area contributed by atoms with E-state index in [-0.39, 0.29) is 25.2 Å². The van der Waals surface area contributed by atoms with Crippen molar-refractivity contribution in [2.45, 2.75) is 161 Å². The lowest BCUT2D eigenvalue weighted by atomic mass is 10.1. The van der Waals surface area contributed by atoms with Gasteiger partial charge in [-0.2, -0.15) is 0 Å². The predicted molar refractivity (Wildman–Crippen MR) is 168 cm³/mol. The van der Waals surface area contributed by atoms with Gasteiger partial charge in [-0.3, -0.25) is 9.59 Å². The summed E-state index contributed by atoms with van der Waals surface area (Å²) < 4.78 is 10.5. The van der Waals surface area contributed by atoms with E-state index >= 15 is 0 Å². The lowest BCUT2D eigenvalue weighted by Gasteiger charge is -2.15. The third kappa shape index (κ3) is 29.1. The molecule has 0 bridgehead atoms. The molecule has 0 saturated carbocycles. The van der Waals surface area contributed by atoms with E-state index < -0.39 is 6.10 Å². The van der Waals surface area contributed by atoms with Gasteiger partial charge in [0.25, 0.3) is 0 Å². The minimum absolute atomic E-state index is 0.0761. The SMILES string of the molecule is CCCCC/C=C/C/C=C/C/C=C/CCCCCCC(=O)OC[C@H](CO)OC(=O)CCCCCCCCCCC. The molecule has 1 N–H and O–H groups in total. The summed E-state index contributed by atoms with van der Waals surface area (Å²) in [5.41, 5.74) is 0. The Morgan fingerprint density at radius 3 is 1.55 bits per heavy atom. The smallest absolute Gasteiger partial charge is 0.306 e. The molecule has 5 nitrogen and oxygen atoms in total. The maximum atomic E-state index is 12.0. The zero-order valence-electron chi connectivity index (χ0n) is 26.1. The van der Waals surface area contributed by atoms with Crippen molar-refractivity contribution in [1.82, 2.24) is 0 Å². The van der Waals surface area contributed by atoms with Crippen molar-refractivity contribution < 1.29 is 24.2 Å². The molecule has 5 heteroatoms. The number of rotatable bonds is 29. The normalized spacial score (nSPS) is 12.6. The zero-order valence-corrected chi connectivity index (χ0v) is 26.1. The van der Waals surface area contributed by atoms with Gasteiger partial charge in [-0.25, -0.2) is 0 Å². The Bertz CT molecular complexity index is 652. The second kappa shape index (κ2) is 31.6. The topological polar surface area (TPSA) is 72.8 Å². The number of ether oxygens (including phenoxy) is 2. The van der Waals surface area contributed by atoms with Crippen LogP contribution in [0.1, 0.15) is 155 Å². The first-order chi connectivity index (χ1) is 19.6. The average molecular weight is 563 g/mol. The molecule has 1 atom stereocenters. The third-order valence-corrected chi connectivity index (χ3v) is 6.94. The minimum atomic E-state index is -0.774. The molecule has 0 heterocycles. The summed E-state index contributed by atoms with van der Waals surface area (Å²) in [5, 5.41) is 9.47. The van der Waals surface area contributed by atoms with Gasteiger partial charge in [0.15, 0.2) is 6.10 Å². The maximum absolute atomic E-state index is 12.0. The first-order valence-corrected chi connectivity index (χ1v) is 16.5. The van der Waals surface area contributed by atoms with Crippen LogP contribution in [0.5, 0.6) is 0 Å². The van der Waals surface area contributed by atoms with E-state index in [0.29, 0.717) is 12.8 Å². The molecule has 0 spiro atoms. The monoisotopic (exact) mass is 562 g/mol. The van der Waals surface area contributed by atoms with Gasteiger partial charge in [-0.15, -0.1) is 0 Å². The largest absolute Gasteiger partial charge is 0.462 e. The van der Waals surface area contributed by atoms with Gasteiger partial charge in [0.2, 0.25) is 0 Å². The van der Waals surface area contributed by atoms with Crippen molar-refractivity contribution >= 4 is 11.9 Å². The second-order valence-corrected chi connectivity index (χ2v) is 10.9. The predicted octanol–water partition coefficient (Wildman–Crippen LogP) is 9.72. The van der Waals surface area contributed by atoms with E-state index in [1.165, 1.54) is 64.2 Å². The molecule has 232 valence electrons. The fourth-order valence-corrected chi connectivity index (χ4v) is 4.38. The highest BCUT2D eigenvalue weighted by atomic mass is 16.6. The summed E-state index contributed by atoms with van der Waals surface area (Å²) in [6.45, 7) is 4.05. The Labute approximate surface area is 246 Å². The van der Waals surface area contributed by atoms with E-state index in [4.69, 9.17) is 9.47 Å². The number of carbonyl (C=O) groups is 2. The summed E-state index contributed by atoms with van der Waals surface area (Å²) >= 11 is 0. The van der Waals surface area contributed by atoms with Crippen LogP contribution in [0.4, 0.5) is 0 Å². The lowest BCUT2D eigenvalue weighted by molar-refractivity contribution is -0.161. The molecule has 0 fully saturated rings. The first-order valence-electron chi connectivity index (χ1n) is 16.5. The molecular weight excluding hydrogens is 500 g/mol. The van der Waals surface area contributed by atoms with Crippen LogP contribution in [-0.4, -0.2) is 36.4 Å². The Morgan fingerprint density at radius 2 is 1.00 bits per heavy atom. The fraction of sp³-hybridized carbons (Fsp3) is 0.771. The Hall–Kier alpha value is -1.88. The second-order valence-electron chi connectivity index (χ2n) is 10.9. The van der Waals surface area contributed by atoms with Crippen LogP contribution >= 0.6 is 0 Å². The van der Waals surface area contributed by atoms with Gasteiger partial charge in [0.1, 0.15) is 6.61 Å². The molecule has 0 aliphatic heterocycles. The molecule has 0 aromatic heterocycles. The van der Waals surface area contributed by atoms with E-state index in [1.54, 1.807) is 0 Å². The fourth-order valence-electron chi connectivity index (χ4n) is 4.38. The van der Waals surface area contributed by atoms with E-state index in [0.717, 1.165) is 64.2 Å². The van der Waals surface area contributed by atoms with Crippen LogP contribution < -0.4 is 0 Å². The molecule has 0 rings (SSSR count).